The van der Waals surface area contributed by atoms with E-state index in [1.807, 2.05) is 31.7 Å². The van der Waals surface area contributed by atoms with E-state index in [1.165, 1.54) is 12.8 Å². The fourth-order valence-corrected chi connectivity index (χ4v) is 5.95. The first-order valence-corrected chi connectivity index (χ1v) is 13.5. The van der Waals surface area contributed by atoms with Gasteiger partial charge in [0.1, 0.15) is 5.60 Å². The number of rotatable bonds is 4. The van der Waals surface area contributed by atoms with Crippen molar-refractivity contribution in [2.75, 3.05) is 26.2 Å². The predicted octanol–water partition coefficient (Wildman–Crippen LogP) is 3.81. The van der Waals surface area contributed by atoms with Crippen LogP contribution in [0.5, 0.6) is 0 Å². The lowest BCUT2D eigenvalue weighted by Gasteiger charge is -2.55. The van der Waals surface area contributed by atoms with Gasteiger partial charge < -0.3 is 14.4 Å². The van der Waals surface area contributed by atoms with Crippen molar-refractivity contribution in [2.45, 2.75) is 96.6 Å². The molecule has 2 saturated heterocycles. The number of nitrogens with zero attached hydrogens (tertiary/aromatic N) is 3. The van der Waals surface area contributed by atoms with Gasteiger partial charge in [0.05, 0.1) is 11.3 Å². The minimum atomic E-state index is -0.450. The Morgan fingerprint density at radius 3 is 2.64 bits per heavy atom. The van der Waals surface area contributed by atoms with E-state index in [9.17, 15) is 9.59 Å². The molecule has 1 atom stereocenters. The highest BCUT2D eigenvalue weighted by molar-refractivity contribution is 5.93. The summed E-state index contributed by atoms with van der Waals surface area (Å²) in [5, 5.41) is 0. The molecule has 0 radical (unpaired) electrons. The topological polar surface area (TPSA) is 93.2 Å². The molecule has 1 aromatic heterocycles. The van der Waals surface area contributed by atoms with Gasteiger partial charge in [-0.15, -0.1) is 0 Å². The molecule has 5 rings (SSSR count). The lowest BCUT2D eigenvalue weighted by atomic mass is 9.60. The molecule has 1 aromatic rings. The Bertz CT molecular complexity index is 955. The van der Waals surface area contributed by atoms with Crippen molar-refractivity contribution in [3.05, 3.63) is 29.1 Å². The molecule has 36 heavy (non-hydrogen) atoms. The molecule has 4 heterocycles. The van der Waals surface area contributed by atoms with E-state index in [-0.39, 0.29) is 18.3 Å². The first-order valence-electron chi connectivity index (χ1n) is 13.5. The zero-order valence-electron chi connectivity index (χ0n) is 21.9. The fraction of sp³-hybridized carbons (Fsp3) is 0.741. The van der Waals surface area contributed by atoms with Crippen molar-refractivity contribution in [3.63, 3.8) is 0 Å². The maximum Gasteiger partial charge on any atom is 0.410 e. The second kappa shape index (κ2) is 10.3. The van der Waals surface area contributed by atoms with Crippen LogP contribution in [0.2, 0.25) is 0 Å². The lowest BCUT2D eigenvalue weighted by molar-refractivity contribution is -0.186. The number of amides is 2. The molecule has 9 nitrogen and oxygen atoms in total. The van der Waals surface area contributed by atoms with Crippen molar-refractivity contribution in [1.82, 2.24) is 20.3 Å². The summed E-state index contributed by atoms with van der Waals surface area (Å²) < 4.78 is 11.0. The fourth-order valence-electron chi connectivity index (χ4n) is 5.95. The van der Waals surface area contributed by atoms with Crippen molar-refractivity contribution in [2.24, 2.45) is 5.41 Å². The number of hydrogen-bond donors (Lipinski definition) is 1. The molecular weight excluding hydrogens is 460 g/mol. The van der Waals surface area contributed by atoms with Crippen LogP contribution in [0.4, 0.5) is 4.79 Å². The quantitative estimate of drug-likeness (QED) is 0.629. The maximum absolute atomic E-state index is 12.5. The zero-order chi connectivity index (χ0) is 25.3. The standard InChI is InChI=1S/C27H40N4O5/c1-26(2,3)35-25(33)30-11-8-27(9-12-30)15-21(16-27)31-10-7-19-14-20(17-28-22(19)18-31)24(32)29-36-23-6-4-5-13-34-23/h14,17,21,23H,4-13,15-16,18H2,1-3H3,(H,29,32). The molecule has 2 amide bonds. The van der Waals surface area contributed by atoms with Gasteiger partial charge in [-0.05, 0) is 82.8 Å². The number of aromatic nitrogens is 1. The van der Waals surface area contributed by atoms with Crippen LogP contribution in [0.25, 0.3) is 0 Å². The minimum absolute atomic E-state index is 0.186. The third-order valence-electron chi connectivity index (χ3n) is 8.09. The van der Waals surface area contributed by atoms with Gasteiger partial charge in [-0.2, -0.15) is 0 Å². The number of piperidine rings is 1. The highest BCUT2D eigenvalue weighted by Crippen LogP contribution is 2.51. The van der Waals surface area contributed by atoms with Crippen LogP contribution in [0.15, 0.2) is 12.3 Å². The molecule has 1 spiro atoms. The Hall–Kier alpha value is -2.23. The largest absolute Gasteiger partial charge is 0.444 e. The molecule has 198 valence electrons. The van der Waals surface area contributed by atoms with Crippen LogP contribution in [-0.2, 0) is 27.3 Å². The van der Waals surface area contributed by atoms with E-state index >= 15 is 0 Å². The monoisotopic (exact) mass is 500 g/mol. The third kappa shape index (κ3) is 5.84. The molecule has 3 fully saturated rings. The van der Waals surface area contributed by atoms with Gasteiger partial charge in [-0.1, -0.05) is 0 Å². The van der Waals surface area contributed by atoms with Crippen molar-refractivity contribution >= 4 is 12.0 Å². The van der Waals surface area contributed by atoms with E-state index in [0.717, 1.165) is 76.0 Å². The van der Waals surface area contributed by atoms with Crippen LogP contribution in [0.1, 0.15) is 87.3 Å². The highest BCUT2D eigenvalue weighted by atomic mass is 16.8. The first-order chi connectivity index (χ1) is 17.2. The molecule has 1 N–H and O–H groups in total. The van der Waals surface area contributed by atoms with E-state index < -0.39 is 5.60 Å². The summed E-state index contributed by atoms with van der Waals surface area (Å²) >= 11 is 0. The van der Waals surface area contributed by atoms with Crippen LogP contribution >= 0.6 is 0 Å². The Labute approximate surface area is 213 Å². The van der Waals surface area contributed by atoms with Gasteiger partial charge in [0.25, 0.3) is 5.91 Å². The first kappa shape index (κ1) is 25.4. The molecule has 0 aromatic carbocycles. The van der Waals surface area contributed by atoms with Crippen LogP contribution in [-0.4, -0.2) is 71.0 Å². The van der Waals surface area contributed by atoms with Crippen LogP contribution in [0.3, 0.4) is 0 Å². The number of hydrogen-bond acceptors (Lipinski definition) is 7. The summed E-state index contributed by atoms with van der Waals surface area (Å²) in [7, 11) is 0. The SMILES string of the molecule is CC(C)(C)OC(=O)N1CCC2(CC1)CC(N1CCc3cc(C(=O)NOC4CCCCO4)cnc3C1)C2. The smallest absolute Gasteiger partial charge is 0.410 e. The second-order valence-electron chi connectivity index (χ2n) is 11.9. The zero-order valence-corrected chi connectivity index (χ0v) is 21.9. The number of likely N-dealkylation sites (tertiary alicyclic amines) is 1. The molecule has 1 unspecified atom stereocenters. The van der Waals surface area contributed by atoms with E-state index in [2.05, 4.69) is 15.4 Å². The summed E-state index contributed by atoms with van der Waals surface area (Å²) in [6.07, 6.45) is 9.35. The van der Waals surface area contributed by atoms with E-state index in [1.54, 1.807) is 6.20 Å². The number of pyridine rings is 1. The number of ether oxygens (including phenoxy) is 2. The van der Waals surface area contributed by atoms with Crippen molar-refractivity contribution in [1.29, 1.82) is 0 Å². The Balaban J connectivity index is 1.08. The number of nitrogens with one attached hydrogen (secondary N) is 1. The molecule has 1 aliphatic carbocycles. The molecule has 3 aliphatic heterocycles. The summed E-state index contributed by atoms with van der Waals surface area (Å²) in [5.41, 5.74) is 5.18. The molecule has 9 heteroatoms. The number of carbonyl (C=O) groups excluding carboxylic acids is 2. The molecule has 0 bridgehead atoms. The average molecular weight is 501 g/mol. The number of carbonyl (C=O) groups is 2. The average Bonchev–Trinajstić information content (AvgIpc) is 2.85. The van der Waals surface area contributed by atoms with E-state index in [4.69, 9.17) is 14.3 Å². The summed E-state index contributed by atoms with van der Waals surface area (Å²) in [6.45, 7) is 9.79. The van der Waals surface area contributed by atoms with Crippen molar-refractivity contribution < 1.29 is 23.9 Å². The van der Waals surface area contributed by atoms with Gasteiger partial charge in [0.2, 0.25) is 0 Å². The normalized spacial score (nSPS) is 24.6. The van der Waals surface area contributed by atoms with Gasteiger partial charge in [-0.3, -0.25) is 14.7 Å². The summed E-state index contributed by atoms with van der Waals surface area (Å²) in [5.74, 6) is -0.277. The van der Waals surface area contributed by atoms with Gasteiger partial charge >= 0.3 is 6.09 Å². The molecular formula is C27H40N4O5. The highest BCUT2D eigenvalue weighted by Gasteiger charge is 2.48. The summed E-state index contributed by atoms with van der Waals surface area (Å²) in [6, 6.07) is 2.52. The van der Waals surface area contributed by atoms with Crippen molar-refractivity contribution in [3.8, 4) is 0 Å². The maximum atomic E-state index is 12.5. The minimum Gasteiger partial charge on any atom is -0.444 e. The van der Waals surface area contributed by atoms with Crippen LogP contribution < -0.4 is 5.48 Å². The predicted molar refractivity (Wildman–Crippen MR) is 133 cm³/mol. The number of fused-ring (bicyclic) bond motifs is 1. The Kier molecular flexibility index (Phi) is 7.25. The third-order valence-corrected chi connectivity index (χ3v) is 8.09. The Morgan fingerprint density at radius 2 is 1.94 bits per heavy atom. The second-order valence-corrected chi connectivity index (χ2v) is 11.9. The van der Waals surface area contributed by atoms with Gasteiger partial charge in [-0.25, -0.2) is 15.1 Å². The molecule has 1 saturated carbocycles. The van der Waals surface area contributed by atoms with Gasteiger partial charge in [0.15, 0.2) is 6.29 Å². The van der Waals surface area contributed by atoms with Gasteiger partial charge in [0, 0.05) is 51.4 Å². The van der Waals surface area contributed by atoms with E-state index in [0.29, 0.717) is 23.6 Å². The van der Waals surface area contributed by atoms with Crippen LogP contribution in [0, 0.1) is 5.41 Å². The number of hydroxylamine groups is 1. The molecule has 4 aliphatic rings. The lowest BCUT2D eigenvalue weighted by Crippen LogP contribution is -2.56. The Morgan fingerprint density at radius 1 is 1.17 bits per heavy atom. The summed E-state index contributed by atoms with van der Waals surface area (Å²) in [4.78, 5) is 39.4.